The van der Waals surface area contributed by atoms with Crippen molar-refractivity contribution in [3.8, 4) is 0 Å². The molecule has 1 aliphatic heterocycles. The number of piperazine rings is 1. The van der Waals surface area contributed by atoms with E-state index in [1.807, 2.05) is 42.5 Å². The highest BCUT2D eigenvalue weighted by Gasteiger charge is 2.30. The van der Waals surface area contributed by atoms with Crippen LogP contribution in [0.1, 0.15) is 18.1 Å². The van der Waals surface area contributed by atoms with Crippen LogP contribution in [0.25, 0.3) is 0 Å². The fraction of sp³-hybridized carbons (Fsp3) is 0.400. The van der Waals surface area contributed by atoms with Crippen molar-refractivity contribution in [3.63, 3.8) is 0 Å². The summed E-state index contributed by atoms with van der Waals surface area (Å²) in [6.07, 6.45) is 1.80. The van der Waals surface area contributed by atoms with Gasteiger partial charge in [-0.2, -0.15) is 0 Å². The molecule has 2 heterocycles. The van der Waals surface area contributed by atoms with Gasteiger partial charge in [-0.3, -0.25) is 4.79 Å². The molecule has 0 aliphatic carbocycles. The number of anilines is 1. The minimum absolute atomic E-state index is 0.193. The van der Waals surface area contributed by atoms with Crippen LogP contribution in [0.3, 0.4) is 0 Å². The molecule has 138 valence electrons. The second-order valence-electron chi connectivity index (χ2n) is 7.06. The topological polar surface area (TPSA) is 74.5 Å². The Morgan fingerprint density at radius 1 is 1.19 bits per heavy atom. The predicted molar refractivity (Wildman–Crippen MR) is 104 cm³/mol. The first-order valence-corrected chi connectivity index (χ1v) is 8.98. The van der Waals surface area contributed by atoms with Crippen LogP contribution >= 0.6 is 0 Å². The number of aromatic nitrogens is 1. The van der Waals surface area contributed by atoms with Crippen molar-refractivity contribution in [1.29, 1.82) is 0 Å². The van der Waals surface area contributed by atoms with Gasteiger partial charge in [-0.25, -0.2) is 4.98 Å². The van der Waals surface area contributed by atoms with Crippen LogP contribution in [0.4, 0.5) is 5.82 Å². The van der Waals surface area contributed by atoms with Crippen LogP contribution in [0.5, 0.6) is 0 Å². The van der Waals surface area contributed by atoms with Gasteiger partial charge in [0.05, 0.1) is 0 Å². The number of hydrogen-bond acceptors (Lipinski definition) is 5. The minimum Gasteiger partial charge on any atom is -0.354 e. The molecule has 2 aromatic rings. The van der Waals surface area contributed by atoms with Crippen molar-refractivity contribution in [1.82, 2.24) is 15.2 Å². The zero-order valence-corrected chi connectivity index (χ0v) is 15.5. The lowest BCUT2D eigenvalue weighted by atomic mass is 9.92. The number of nitrogens with two attached hydrogens (primary N) is 1. The van der Waals surface area contributed by atoms with Gasteiger partial charge >= 0.3 is 0 Å². The molecule has 1 amide bonds. The lowest BCUT2D eigenvalue weighted by Gasteiger charge is -2.33. The van der Waals surface area contributed by atoms with E-state index in [1.54, 1.807) is 13.1 Å². The number of nitrogens with one attached hydrogen (secondary N) is 1. The molecule has 0 spiro atoms. The molecule has 1 unspecified atom stereocenters. The Balaban J connectivity index is 1.63. The van der Waals surface area contributed by atoms with E-state index in [0.717, 1.165) is 43.1 Å². The maximum absolute atomic E-state index is 12.6. The Labute approximate surface area is 155 Å². The number of benzene rings is 1. The summed E-state index contributed by atoms with van der Waals surface area (Å²) in [5, 5.41) is 2.96. The SMILES string of the molecule is CN1CCN(c2cc(CNC(=O)C(C)(N)c3ccccc3)ccn2)CC1. The van der Waals surface area contributed by atoms with Gasteiger partial charge in [0.1, 0.15) is 11.4 Å². The largest absolute Gasteiger partial charge is 0.354 e. The van der Waals surface area contributed by atoms with Crippen LogP contribution in [0.15, 0.2) is 48.7 Å². The van der Waals surface area contributed by atoms with Gasteiger partial charge in [-0.1, -0.05) is 30.3 Å². The second kappa shape index (κ2) is 7.85. The molecular weight excluding hydrogens is 326 g/mol. The van der Waals surface area contributed by atoms with Crippen LogP contribution in [-0.4, -0.2) is 49.0 Å². The molecule has 1 aliphatic rings. The van der Waals surface area contributed by atoms with Gasteiger partial charge < -0.3 is 20.9 Å². The highest BCUT2D eigenvalue weighted by molar-refractivity contribution is 5.86. The molecule has 3 rings (SSSR count). The maximum Gasteiger partial charge on any atom is 0.244 e. The van der Waals surface area contributed by atoms with Crippen LogP contribution < -0.4 is 16.0 Å². The quantitative estimate of drug-likeness (QED) is 0.848. The van der Waals surface area contributed by atoms with E-state index in [1.165, 1.54) is 0 Å². The van der Waals surface area contributed by atoms with E-state index in [-0.39, 0.29) is 5.91 Å². The lowest BCUT2D eigenvalue weighted by molar-refractivity contribution is -0.126. The van der Waals surface area contributed by atoms with Crippen LogP contribution in [0, 0.1) is 0 Å². The summed E-state index contributed by atoms with van der Waals surface area (Å²) < 4.78 is 0. The molecule has 6 nitrogen and oxygen atoms in total. The summed E-state index contributed by atoms with van der Waals surface area (Å²) in [6, 6.07) is 13.4. The van der Waals surface area contributed by atoms with Gasteiger partial charge in [-0.15, -0.1) is 0 Å². The van der Waals surface area contributed by atoms with Crippen molar-refractivity contribution in [2.75, 3.05) is 38.1 Å². The Morgan fingerprint density at radius 3 is 2.58 bits per heavy atom. The first kappa shape index (κ1) is 18.4. The van der Waals surface area contributed by atoms with E-state index in [9.17, 15) is 4.79 Å². The predicted octanol–water partition coefficient (Wildman–Crippen LogP) is 1.32. The van der Waals surface area contributed by atoms with Gasteiger partial charge in [0.2, 0.25) is 5.91 Å². The third-order valence-corrected chi connectivity index (χ3v) is 4.94. The van der Waals surface area contributed by atoms with Crippen molar-refractivity contribution in [2.24, 2.45) is 5.73 Å². The molecule has 0 radical (unpaired) electrons. The number of carbonyl (C=O) groups excluding carboxylic acids is 1. The minimum atomic E-state index is -1.06. The van der Waals surface area contributed by atoms with Gasteiger partial charge in [0, 0.05) is 38.9 Å². The van der Waals surface area contributed by atoms with E-state index >= 15 is 0 Å². The summed E-state index contributed by atoms with van der Waals surface area (Å²) >= 11 is 0. The zero-order chi connectivity index (χ0) is 18.6. The highest BCUT2D eigenvalue weighted by atomic mass is 16.2. The number of rotatable bonds is 5. The lowest BCUT2D eigenvalue weighted by Crippen LogP contribution is -2.48. The Kier molecular flexibility index (Phi) is 5.54. The number of likely N-dealkylation sites (N-methyl/N-ethyl adjacent to an activating group) is 1. The van der Waals surface area contributed by atoms with Crippen molar-refractivity contribution in [3.05, 3.63) is 59.8 Å². The van der Waals surface area contributed by atoms with Gasteiger partial charge in [0.25, 0.3) is 0 Å². The van der Waals surface area contributed by atoms with E-state index in [4.69, 9.17) is 5.73 Å². The molecule has 6 heteroatoms. The average molecular weight is 353 g/mol. The summed E-state index contributed by atoms with van der Waals surface area (Å²) in [5.74, 6) is 0.769. The normalized spacial score (nSPS) is 17.6. The van der Waals surface area contributed by atoms with E-state index in [2.05, 4.69) is 27.1 Å². The van der Waals surface area contributed by atoms with E-state index in [0.29, 0.717) is 6.54 Å². The van der Waals surface area contributed by atoms with Crippen molar-refractivity contribution in [2.45, 2.75) is 19.0 Å². The molecule has 1 aromatic carbocycles. The fourth-order valence-electron chi connectivity index (χ4n) is 3.06. The molecule has 26 heavy (non-hydrogen) atoms. The smallest absolute Gasteiger partial charge is 0.244 e. The molecule has 1 saturated heterocycles. The van der Waals surface area contributed by atoms with Crippen molar-refractivity contribution < 1.29 is 4.79 Å². The average Bonchev–Trinajstić information content (AvgIpc) is 2.67. The zero-order valence-electron chi connectivity index (χ0n) is 15.5. The molecule has 1 atom stereocenters. The Hall–Kier alpha value is -2.44. The number of amides is 1. The monoisotopic (exact) mass is 353 g/mol. The Bertz CT molecular complexity index is 739. The summed E-state index contributed by atoms with van der Waals surface area (Å²) in [7, 11) is 2.13. The van der Waals surface area contributed by atoms with Gasteiger partial charge in [0.15, 0.2) is 0 Å². The molecule has 0 bridgehead atoms. The molecule has 3 N–H and O–H groups in total. The second-order valence-corrected chi connectivity index (χ2v) is 7.06. The molecule has 1 fully saturated rings. The fourth-order valence-corrected chi connectivity index (χ4v) is 3.06. The molecule has 0 saturated carbocycles. The summed E-state index contributed by atoms with van der Waals surface area (Å²) in [6.45, 7) is 6.17. The van der Waals surface area contributed by atoms with Crippen LogP contribution in [0.2, 0.25) is 0 Å². The summed E-state index contributed by atoms with van der Waals surface area (Å²) in [5.41, 5.74) is 7.02. The summed E-state index contributed by atoms with van der Waals surface area (Å²) in [4.78, 5) is 21.7. The highest BCUT2D eigenvalue weighted by Crippen LogP contribution is 2.18. The first-order valence-electron chi connectivity index (χ1n) is 8.98. The van der Waals surface area contributed by atoms with Crippen molar-refractivity contribution >= 4 is 11.7 Å². The molecule has 1 aromatic heterocycles. The third-order valence-electron chi connectivity index (χ3n) is 4.94. The standard InChI is InChI=1S/C20H27N5O/c1-20(21,17-6-4-3-5-7-17)19(26)23-15-16-8-9-22-18(14-16)25-12-10-24(2)11-13-25/h3-9,14H,10-13,15,21H2,1-2H3,(H,23,26). The Morgan fingerprint density at radius 2 is 1.88 bits per heavy atom. The number of nitrogens with zero attached hydrogens (tertiary/aromatic N) is 3. The molecular formula is C20H27N5O. The first-order chi connectivity index (χ1) is 12.5. The number of hydrogen-bond donors (Lipinski definition) is 2. The number of carbonyl (C=O) groups is 1. The van der Waals surface area contributed by atoms with Crippen LogP contribution in [-0.2, 0) is 16.9 Å². The third kappa shape index (κ3) is 4.20. The number of pyridine rings is 1. The van der Waals surface area contributed by atoms with E-state index < -0.39 is 5.54 Å². The van der Waals surface area contributed by atoms with Gasteiger partial charge in [-0.05, 0) is 37.2 Å². The maximum atomic E-state index is 12.6.